The monoisotopic (exact) mass is 396 g/mol. The molecule has 2 N–H and O–H groups in total. The fraction of sp³-hybridized carbons (Fsp3) is 0.545. The second-order valence-electron chi connectivity index (χ2n) is 8.47. The fourth-order valence-corrected chi connectivity index (χ4v) is 4.15. The second-order valence-corrected chi connectivity index (χ2v) is 8.47. The van der Waals surface area contributed by atoms with Crippen molar-refractivity contribution < 1.29 is 14.1 Å². The van der Waals surface area contributed by atoms with Crippen LogP contribution in [0.1, 0.15) is 73.9 Å². The van der Waals surface area contributed by atoms with Gasteiger partial charge in [-0.2, -0.15) is 4.98 Å². The minimum atomic E-state index is -0.597. The predicted octanol–water partition coefficient (Wildman–Crippen LogP) is 3.95. The Morgan fingerprint density at radius 3 is 2.31 bits per heavy atom. The minimum Gasteiger partial charge on any atom is -0.340 e. The normalized spacial score (nSPS) is 23.1. The molecule has 2 unspecified atom stereocenters. The molecule has 1 aromatic carbocycles. The van der Waals surface area contributed by atoms with Crippen LogP contribution in [0.5, 0.6) is 0 Å². The Morgan fingerprint density at radius 1 is 1.10 bits per heavy atom. The molecule has 4 rings (SSSR count). The number of rotatable bonds is 5. The molecule has 0 spiro atoms. The first-order chi connectivity index (χ1) is 14.0. The van der Waals surface area contributed by atoms with Gasteiger partial charge < -0.3 is 15.2 Å². The van der Waals surface area contributed by atoms with Crippen LogP contribution in [0, 0.1) is 18.8 Å². The van der Waals surface area contributed by atoms with E-state index >= 15 is 0 Å². The summed E-state index contributed by atoms with van der Waals surface area (Å²) in [5, 5.41) is 10.3. The van der Waals surface area contributed by atoms with Gasteiger partial charge in [-0.15, -0.1) is 0 Å². The third kappa shape index (κ3) is 4.33. The molecular weight excluding hydrogens is 368 g/mol. The molecule has 2 aromatic rings. The van der Waals surface area contributed by atoms with Gasteiger partial charge in [0, 0.05) is 24.1 Å². The molecule has 0 saturated heterocycles. The standard InChI is InChI=1S/C22H28N4O3/c1-14-13-18(14)20(28)24-17-9-7-16(8-10-17)19(27)25-22(11-5-3-4-6-12-22)21-23-15(2)29-26-21/h7-10,14,18H,3-6,11-13H2,1-2H3,(H,24,28)(H,25,27). The van der Waals surface area contributed by atoms with E-state index in [1.807, 2.05) is 0 Å². The van der Waals surface area contributed by atoms with E-state index in [0.29, 0.717) is 28.9 Å². The van der Waals surface area contributed by atoms with Crippen LogP contribution in [0.15, 0.2) is 28.8 Å². The van der Waals surface area contributed by atoms with Crippen LogP contribution in [0.2, 0.25) is 0 Å². The SMILES string of the molecule is Cc1nc(C2(NC(=O)c3ccc(NC(=O)C4CC4C)cc3)CCCCCC2)no1. The maximum atomic E-state index is 13.0. The van der Waals surface area contributed by atoms with Gasteiger partial charge in [0.25, 0.3) is 5.91 Å². The third-order valence-corrected chi connectivity index (χ3v) is 6.13. The van der Waals surface area contributed by atoms with Crippen molar-refractivity contribution in [1.29, 1.82) is 0 Å². The van der Waals surface area contributed by atoms with Gasteiger partial charge in [-0.3, -0.25) is 9.59 Å². The number of carbonyl (C=O) groups is 2. The Bertz CT molecular complexity index is 882. The van der Waals surface area contributed by atoms with E-state index < -0.39 is 5.54 Å². The first-order valence-electron chi connectivity index (χ1n) is 10.5. The van der Waals surface area contributed by atoms with Crippen LogP contribution in [-0.2, 0) is 10.3 Å². The van der Waals surface area contributed by atoms with E-state index in [1.165, 1.54) is 0 Å². The summed E-state index contributed by atoms with van der Waals surface area (Å²) >= 11 is 0. The van der Waals surface area contributed by atoms with Gasteiger partial charge in [0.1, 0.15) is 5.54 Å². The van der Waals surface area contributed by atoms with Crippen molar-refractivity contribution in [2.24, 2.45) is 11.8 Å². The minimum absolute atomic E-state index is 0.0552. The molecule has 0 radical (unpaired) electrons. The molecule has 0 aliphatic heterocycles. The molecule has 29 heavy (non-hydrogen) atoms. The molecule has 154 valence electrons. The largest absolute Gasteiger partial charge is 0.340 e. The van der Waals surface area contributed by atoms with E-state index in [2.05, 4.69) is 27.7 Å². The number of benzene rings is 1. The van der Waals surface area contributed by atoms with E-state index in [-0.39, 0.29) is 17.7 Å². The smallest absolute Gasteiger partial charge is 0.252 e. The molecule has 2 amide bonds. The number of nitrogens with one attached hydrogen (secondary N) is 2. The average Bonchev–Trinajstić information content (AvgIpc) is 3.36. The third-order valence-electron chi connectivity index (χ3n) is 6.13. The maximum absolute atomic E-state index is 13.0. The molecule has 2 fully saturated rings. The summed E-state index contributed by atoms with van der Waals surface area (Å²) in [6, 6.07) is 7.04. The zero-order valence-electron chi connectivity index (χ0n) is 17.0. The molecule has 2 aliphatic rings. The molecule has 7 nitrogen and oxygen atoms in total. The lowest BCUT2D eigenvalue weighted by atomic mass is 9.88. The van der Waals surface area contributed by atoms with Crippen molar-refractivity contribution >= 4 is 17.5 Å². The number of amides is 2. The van der Waals surface area contributed by atoms with Crippen LogP contribution in [0.3, 0.4) is 0 Å². The van der Waals surface area contributed by atoms with Crippen LogP contribution in [0.4, 0.5) is 5.69 Å². The fourth-order valence-electron chi connectivity index (χ4n) is 4.15. The zero-order chi connectivity index (χ0) is 20.4. The highest BCUT2D eigenvalue weighted by Crippen LogP contribution is 2.38. The number of anilines is 1. The maximum Gasteiger partial charge on any atom is 0.252 e. The van der Waals surface area contributed by atoms with Crippen LogP contribution >= 0.6 is 0 Å². The Balaban J connectivity index is 1.48. The average molecular weight is 396 g/mol. The molecular formula is C22H28N4O3. The number of aromatic nitrogens is 2. The Morgan fingerprint density at radius 2 is 1.76 bits per heavy atom. The number of carbonyl (C=O) groups excluding carboxylic acids is 2. The van der Waals surface area contributed by atoms with E-state index in [4.69, 9.17) is 4.52 Å². The van der Waals surface area contributed by atoms with Crippen molar-refractivity contribution in [3.05, 3.63) is 41.5 Å². The second kappa shape index (κ2) is 7.97. The predicted molar refractivity (Wildman–Crippen MR) is 108 cm³/mol. The number of hydrogen-bond acceptors (Lipinski definition) is 5. The topological polar surface area (TPSA) is 97.1 Å². The van der Waals surface area contributed by atoms with Crippen LogP contribution in [0.25, 0.3) is 0 Å². The molecule has 2 aliphatic carbocycles. The molecule has 2 saturated carbocycles. The first-order valence-corrected chi connectivity index (χ1v) is 10.5. The molecule has 0 bridgehead atoms. The van der Waals surface area contributed by atoms with Crippen LogP contribution < -0.4 is 10.6 Å². The molecule has 2 atom stereocenters. The van der Waals surface area contributed by atoms with Crippen LogP contribution in [-0.4, -0.2) is 22.0 Å². The number of nitrogens with zero attached hydrogens (tertiary/aromatic N) is 2. The summed E-state index contributed by atoms with van der Waals surface area (Å²) in [4.78, 5) is 29.5. The van der Waals surface area contributed by atoms with Gasteiger partial charge in [-0.1, -0.05) is 37.8 Å². The Labute approximate surface area is 170 Å². The highest BCUT2D eigenvalue weighted by molar-refractivity contribution is 5.97. The van der Waals surface area contributed by atoms with Gasteiger partial charge in [0.15, 0.2) is 5.82 Å². The summed E-state index contributed by atoms with van der Waals surface area (Å²) in [5.74, 6) is 1.54. The highest BCUT2D eigenvalue weighted by atomic mass is 16.5. The van der Waals surface area contributed by atoms with E-state index in [1.54, 1.807) is 31.2 Å². The quantitative estimate of drug-likeness (QED) is 0.746. The van der Waals surface area contributed by atoms with E-state index in [9.17, 15) is 9.59 Å². The number of hydrogen-bond donors (Lipinski definition) is 2. The van der Waals surface area contributed by atoms with Gasteiger partial charge in [-0.25, -0.2) is 0 Å². The summed E-state index contributed by atoms with van der Waals surface area (Å²) < 4.78 is 5.20. The van der Waals surface area contributed by atoms with Crippen molar-refractivity contribution in [1.82, 2.24) is 15.5 Å². The van der Waals surface area contributed by atoms with Gasteiger partial charge in [0.2, 0.25) is 11.8 Å². The lowest BCUT2D eigenvalue weighted by molar-refractivity contribution is -0.117. The summed E-state index contributed by atoms with van der Waals surface area (Å²) in [5.41, 5.74) is 0.663. The van der Waals surface area contributed by atoms with Gasteiger partial charge in [-0.05, 0) is 49.4 Å². The lowest BCUT2D eigenvalue weighted by Gasteiger charge is -2.30. The van der Waals surface area contributed by atoms with Gasteiger partial charge >= 0.3 is 0 Å². The summed E-state index contributed by atoms with van der Waals surface area (Å²) in [6.45, 7) is 3.84. The zero-order valence-corrected chi connectivity index (χ0v) is 17.0. The molecule has 7 heteroatoms. The van der Waals surface area contributed by atoms with Crippen molar-refractivity contribution in [3.8, 4) is 0 Å². The number of aryl methyl sites for hydroxylation is 1. The highest BCUT2D eigenvalue weighted by Gasteiger charge is 2.40. The first kappa shape index (κ1) is 19.6. The van der Waals surface area contributed by atoms with Crippen molar-refractivity contribution in [3.63, 3.8) is 0 Å². The Hall–Kier alpha value is -2.70. The van der Waals surface area contributed by atoms with E-state index in [0.717, 1.165) is 44.9 Å². The van der Waals surface area contributed by atoms with Crippen molar-refractivity contribution in [2.75, 3.05) is 5.32 Å². The molecule has 1 heterocycles. The summed E-state index contributed by atoms with van der Waals surface area (Å²) in [7, 11) is 0. The van der Waals surface area contributed by atoms with Gasteiger partial charge in [0.05, 0.1) is 0 Å². The van der Waals surface area contributed by atoms with Crippen molar-refractivity contribution in [2.45, 2.75) is 64.3 Å². The molecule has 1 aromatic heterocycles. The Kier molecular flexibility index (Phi) is 5.39. The summed E-state index contributed by atoms with van der Waals surface area (Å²) in [6.07, 6.45) is 6.85. The lowest BCUT2D eigenvalue weighted by Crippen LogP contribution is -2.46.